The number of H-pyrrole nitrogens is 1. The first kappa shape index (κ1) is 21.6. The predicted molar refractivity (Wildman–Crippen MR) is 134 cm³/mol. The van der Waals surface area contributed by atoms with Crippen LogP contribution in [0.2, 0.25) is 0 Å². The van der Waals surface area contributed by atoms with Gasteiger partial charge in [0.05, 0.1) is 13.2 Å². The molecule has 3 aliphatic rings. The van der Waals surface area contributed by atoms with Crippen molar-refractivity contribution in [3.05, 3.63) is 48.3 Å². The van der Waals surface area contributed by atoms with Crippen molar-refractivity contribution in [1.82, 2.24) is 15.2 Å². The Kier molecular flexibility index (Phi) is 5.75. The molecule has 1 N–H and O–H groups in total. The minimum absolute atomic E-state index is 0.449. The van der Waals surface area contributed by atoms with Gasteiger partial charge in [-0.05, 0) is 61.4 Å². The maximum atomic E-state index is 5.62. The highest BCUT2D eigenvalue weighted by molar-refractivity contribution is 5.83. The van der Waals surface area contributed by atoms with Gasteiger partial charge in [-0.1, -0.05) is 12.1 Å². The topological polar surface area (TPSA) is 66.5 Å². The summed E-state index contributed by atoms with van der Waals surface area (Å²) in [6.07, 6.45) is 5.54. The number of nitrogens with one attached hydrogen (secondary N) is 1. The summed E-state index contributed by atoms with van der Waals surface area (Å²) in [6.45, 7) is 9.44. The Hall–Kier alpha value is -2.90. The van der Waals surface area contributed by atoms with E-state index in [0.717, 1.165) is 80.9 Å². The van der Waals surface area contributed by atoms with Crippen molar-refractivity contribution < 1.29 is 9.47 Å². The minimum atomic E-state index is 0.449. The highest BCUT2D eigenvalue weighted by Gasteiger charge is 2.39. The number of hydrogen-bond donors (Lipinski definition) is 1. The molecule has 34 heavy (non-hydrogen) atoms. The Labute approximate surface area is 201 Å². The van der Waals surface area contributed by atoms with Crippen molar-refractivity contribution in [1.29, 1.82) is 0 Å². The van der Waals surface area contributed by atoms with Crippen molar-refractivity contribution in [2.45, 2.75) is 26.2 Å². The van der Waals surface area contributed by atoms with Crippen LogP contribution in [0, 0.1) is 12.3 Å². The van der Waals surface area contributed by atoms with Gasteiger partial charge in [-0.2, -0.15) is 5.10 Å². The van der Waals surface area contributed by atoms with E-state index in [1.54, 1.807) is 0 Å². The molecule has 6 rings (SSSR count). The van der Waals surface area contributed by atoms with Crippen LogP contribution in [0.1, 0.15) is 25.0 Å². The van der Waals surface area contributed by atoms with Crippen molar-refractivity contribution in [2.75, 3.05) is 62.4 Å². The summed E-state index contributed by atoms with van der Waals surface area (Å²) in [5.41, 5.74) is 7.25. The van der Waals surface area contributed by atoms with Crippen LogP contribution in [0.3, 0.4) is 0 Å². The number of aromatic nitrogens is 3. The van der Waals surface area contributed by atoms with Gasteiger partial charge in [0, 0.05) is 68.1 Å². The summed E-state index contributed by atoms with van der Waals surface area (Å²) >= 11 is 0. The van der Waals surface area contributed by atoms with E-state index in [-0.39, 0.29) is 0 Å². The van der Waals surface area contributed by atoms with E-state index in [1.807, 2.05) is 6.20 Å². The van der Waals surface area contributed by atoms with Crippen LogP contribution in [0.15, 0.2) is 42.6 Å². The first-order valence-corrected chi connectivity index (χ1v) is 12.5. The molecular weight excluding hydrogens is 426 g/mol. The fourth-order valence-electron chi connectivity index (χ4n) is 5.73. The second kappa shape index (κ2) is 9.04. The highest BCUT2D eigenvalue weighted by atomic mass is 16.5. The van der Waals surface area contributed by atoms with Gasteiger partial charge < -0.3 is 19.3 Å². The Morgan fingerprint density at radius 3 is 2.41 bits per heavy atom. The van der Waals surface area contributed by atoms with Crippen molar-refractivity contribution in [3.8, 4) is 22.4 Å². The molecule has 7 heteroatoms. The molecule has 2 aromatic heterocycles. The first-order valence-electron chi connectivity index (χ1n) is 12.5. The third-order valence-corrected chi connectivity index (χ3v) is 7.81. The van der Waals surface area contributed by atoms with Crippen LogP contribution in [-0.4, -0.2) is 67.8 Å². The molecule has 3 saturated heterocycles. The Bertz CT molecular complexity index is 1130. The van der Waals surface area contributed by atoms with E-state index < -0.39 is 0 Å². The van der Waals surface area contributed by atoms with Gasteiger partial charge in [0.2, 0.25) is 0 Å². The smallest absolute Gasteiger partial charge is 0.129 e. The Balaban J connectivity index is 1.25. The molecule has 5 heterocycles. The minimum Gasteiger partial charge on any atom is -0.381 e. The van der Waals surface area contributed by atoms with Crippen LogP contribution in [-0.2, 0) is 9.47 Å². The monoisotopic (exact) mass is 459 g/mol. The van der Waals surface area contributed by atoms with Crippen LogP contribution >= 0.6 is 0 Å². The number of hydrogen-bond acceptors (Lipinski definition) is 6. The Morgan fingerprint density at radius 1 is 0.853 bits per heavy atom. The average molecular weight is 460 g/mol. The van der Waals surface area contributed by atoms with Gasteiger partial charge in [0.25, 0.3) is 0 Å². The Morgan fingerprint density at radius 2 is 1.62 bits per heavy atom. The number of aromatic amines is 1. The second-order valence-electron chi connectivity index (χ2n) is 9.91. The third-order valence-electron chi connectivity index (χ3n) is 7.81. The van der Waals surface area contributed by atoms with Crippen LogP contribution in [0.4, 0.5) is 11.5 Å². The quantitative estimate of drug-likeness (QED) is 0.628. The number of nitrogens with zero attached hydrogens (tertiary/aromatic N) is 4. The van der Waals surface area contributed by atoms with Gasteiger partial charge in [-0.25, -0.2) is 4.98 Å². The van der Waals surface area contributed by atoms with E-state index in [9.17, 15) is 0 Å². The molecule has 0 atom stereocenters. The molecule has 0 aliphatic carbocycles. The van der Waals surface area contributed by atoms with E-state index in [1.165, 1.54) is 30.5 Å². The number of benzene rings is 1. The largest absolute Gasteiger partial charge is 0.381 e. The number of pyridine rings is 1. The average Bonchev–Trinajstić information content (AvgIpc) is 3.49. The third kappa shape index (κ3) is 4.07. The summed E-state index contributed by atoms with van der Waals surface area (Å²) < 4.78 is 11.1. The molecule has 7 nitrogen and oxygen atoms in total. The molecular formula is C27H33N5O2. The zero-order valence-electron chi connectivity index (χ0n) is 19.9. The molecule has 1 spiro atoms. The lowest BCUT2D eigenvalue weighted by molar-refractivity contribution is 0.0254. The van der Waals surface area contributed by atoms with Crippen molar-refractivity contribution >= 4 is 11.5 Å². The molecule has 3 fully saturated rings. The summed E-state index contributed by atoms with van der Waals surface area (Å²) in [5, 5.41) is 7.90. The number of morpholine rings is 1. The molecule has 0 bridgehead atoms. The maximum Gasteiger partial charge on any atom is 0.129 e. The molecule has 0 amide bonds. The van der Waals surface area contributed by atoms with E-state index in [2.05, 4.69) is 68.3 Å². The van der Waals surface area contributed by atoms with Crippen molar-refractivity contribution in [3.63, 3.8) is 0 Å². The molecule has 178 valence electrons. The normalized spacial score (nSPS) is 20.3. The molecule has 0 radical (unpaired) electrons. The van der Waals surface area contributed by atoms with Gasteiger partial charge in [-0.15, -0.1) is 0 Å². The van der Waals surface area contributed by atoms with Gasteiger partial charge in [0.1, 0.15) is 11.5 Å². The molecule has 3 aliphatic heterocycles. The lowest BCUT2D eigenvalue weighted by Gasteiger charge is -2.33. The molecule has 1 aromatic carbocycles. The number of rotatable bonds is 4. The SMILES string of the molecule is Cc1[nH]nc(-c2ccnc(N3CCOCC3)c2)c1-c1ccc(N2CCC3(CCOCC3)C2)cc1. The fourth-order valence-corrected chi connectivity index (χ4v) is 5.73. The number of aryl methyl sites for hydroxylation is 1. The zero-order valence-corrected chi connectivity index (χ0v) is 19.9. The van der Waals surface area contributed by atoms with Gasteiger partial charge in [-0.3, -0.25) is 5.10 Å². The first-order chi connectivity index (χ1) is 16.7. The fraction of sp³-hybridized carbons (Fsp3) is 0.481. The van der Waals surface area contributed by atoms with Crippen LogP contribution < -0.4 is 9.80 Å². The summed E-state index contributed by atoms with van der Waals surface area (Å²) in [7, 11) is 0. The van der Waals surface area contributed by atoms with Gasteiger partial charge >= 0.3 is 0 Å². The summed E-state index contributed by atoms with van der Waals surface area (Å²) in [6, 6.07) is 13.2. The summed E-state index contributed by atoms with van der Waals surface area (Å²) in [4.78, 5) is 9.44. The van der Waals surface area contributed by atoms with E-state index >= 15 is 0 Å². The second-order valence-corrected chi connectivity index (χ2v) is 9.91. The number of ether oxygens (including phenoxy) is 2. The van der Waals surface area contributed by atoms with Crippen LogP contribution in [0.5, 0.6) is 0 Å². The van der Waals surface area contributed by atoms with E-state index in [0.29, 0.717) is 5.41 Å². The lowest BCUT2D eigenvalue weighted by atomic mass is 9.80. The summed E-state index contributed by atoms with van der Waals surface area (Å²) in [5.74, 6) is 0.985. The molecule has 0 saturated carbocycles. The highest BCUT2D eigenvalue weighted by Crippen LogP contribution is 2.42. The number of anilines is 2. The van der Waals surface area contributed by atoms with Crippen LogP contribution in [0.25, 0.3) is 22.4 Å². The maximum absolute atomic E-state index is 5.62. The van der Waals surface area contributed by atoms with Gasteiger partial charge in [0.15, 0.2) is 0 Å². The van der Waals surface area contributed by atoms with Crippen molar-refractivity contribution in [2.24, 2.45) is 5.41 Å². The standard InChI is InChI=1S/C27H33N5O2/c1-20-25(26(30-29-20)22-6-10-28-24(18-22)31-12-16-34-17-13-31)21-2-4-23(5-3-21)32-11-7-27(19-32)8-14-33-15-9-27/h2-6,10,18H,7-9,11-17,19H2,1H3,(H,29,30). The zero-order chi connectivity index (χ0) is 23.0. The molecule has 3 aromatic rings. The molecule has 0 unspecified atom stereocenters. The predicted octanol–water partition coefficient (Wildman–Crippen LogP) is 4.29. The lowest BCUT2D eigenvalue weighted by Crippen LogP contribution is -2.36. The van der Waals surface area contributed by atoms with E-state index in [4.69, 9.17) is 9.47 Å².